The maximum absolute atomic E-state index is 12.8. The minimum Gasteiger partial charge on any atom is -0.478 e. The average Bonchev–Trinajstić information content (AvgIpc) is 1.54. The molecule has 10 aromatic carbocycles. The molecule has 4 atom stereocenters. The zero-order valence-electron chi connectivity index (χ0n) is 82.4. The molecule has 5 saturated carbocycles. The summed E-state index contributed by atoms with van der Waals surface area (Å²) in [4.78, 5) is 85.2. The second kappa shape index (κ2) is 41.6. The maximum atomic E-state index is 12.8. The van der Waals surface area contributed by atoms with Gasteiger partial charge in [-0.05, 0) is 210 Å². The average molecular weight is 1930 g/mol. The standard InChI is InChI=1S/C25H27NO4.C25H27NO3.C25H25NO3.C24H25NO3.C24H23NO3/c1-30-25(29)16-11-12-19-20(13-16)26-14-21(27)24(28)18-10-6-5-9-17(18)23(26)22(19)15-7-3-2-4-8-15;2*1-29-25(28)18-11-12-21-22(14-18)26-15-19(27)13-17-9-5-6-10-20(17)24(26)23(21)16-7-3-2-4-8-16;2*26-18-12-16-8-4-5-9-19(16)23-22(15-6-2-1-3-7-15)20-11-10-17(24(27)28)13-21(20)25(23)14-18/h5-6,9-13,15,21,24,27-28H,2-4,7-8,14H2,1H3;5-6,9-12,14,16,19,27H,2-4,7-8,13,15H2,1H3;5-6,9-12,14,16H,2-4,7-8,13,15H2,1H3;4-5,8-11,13,15,18,26H,1-3,6-7,12,14H2,(H,27,28);4-5,8-11,13,15H,1-3,6-7,12,14H2,(H,27,28)/t21-,24+;;;;/m1..../s1. The number of nitrogens with zero attached hydrogens (tertiary/aromatic N) is 5. The number of aromatic nitrogens is 5. The number of hydrogen-bond acceptors (Lipinski definition) is 14. The minimum absolute atomic E-state index is 0.166. The van der Waals surface area contributed by atoms with Crippen LogP contribution in [0.25, 0.3) is 111 Å². The second-order valence-electron chi connectivity index (χ2n) is 41.6. The predicted molar refractivity (Wildman–Crippen MR) is 562 cm³/mol. The molecule has 15 aromatic rings. The Balaban J connectivity index is 0.000000106. The van der Waals surface area contributed by atoms with Crippen LogP contribution in [0.5, 0.6) is 0 Å². The Kier molecular flexibility index (Phi) is 27.9. The fourth-order valence-electron chi connectivity index (χ4n) is 26.3. The third-order valence-electron chi connectivity index (χ3n) is 32.8. The normalized spacial score (nSPS) is 19.0. The number of carboxylic acids is 2. The number of hydrogen-bond donors (Lipinski definition) is 6. The number of ketones is 2. The van der Waals surface area contributed by atoms with E-state index in [1.54, 1.807) is 24.3 Å². The van der Waals surface area contributed by atoms with E-state index >= 15 is 0 Å². The molecule has 5 aromatic heterocycles. The van der Waals surface area contributed by atoms with Gasteiger partial charge in [-0.1, -0.05) is 248 Å². The number of benzene rings is 10. The molecule has 5 aliphatic heterocycles. The third-order valence-corrected chi connectivity index (χ3v) is 32.8. The summed E-state index contributed by atoms with van der Waals surface area (Å²) in [5, 5.41) is 67.9. The van der Waals surface area contributed by atoms with Crippen LogP contribution in [0.3, 0.4) is 0 Å². The molecule has 10 heterocycles. The smallest absolute Gasteiger partial charge is 0.337 e. The number of carbonyl (C=O) groups excluding carboxylic acids is 5. The van der Waals surface area contributed by atoms with E-state index in [1.165, 1.54) is 234 Å². The van der Waals surface area contributed by atoms with Crippen molar-refractivity contribution in [2.75, 3.05) is 21.3 Å². The molecular formula is C123H127N5O16. The molecular weight excluding hydrogens is 1800 g/mol. The summed E-state index contributed by atoms with van der Waals surface area (Å²) in [5.41, 5.74) is 30.4. The van der Waals surface area contributed by atoms with Crippen molar-refractivity contribution in [2.45, 2.75) is 273 Å². The summed E-state index contributed by atoms with van der Waals surface area (Å²) in [5.74, 6) is -0.117. The van der Waals surface area contributed by atoms with Gasteiger partial charge in [0.1, 0.15) is 12.2 Å². The van der Waals surface area contributed by atoms with Crippen molar-refractivity contribution < 1.29 is 78.4 Å². The van der Waals surface area contributed by atoms with Crippen molar-refractivity contribution in [3.05, 3.63) is 296 Å². The van der Waals surface area contributed by atoms with Crippen molar-refractivity contribution in [1.82, 2.24) is 22.8 Å². The Morgan fingerprint density at radius 1 is 0.285 bits per heavy atom. The molecule has 5 fully saturated rings. The van der Waals surface area contributed by atoms with Crippen molar-refractivity contribution >= 4 is 95.9 Å². The van der Waals surface area contributed by atoms with Gasteiger partial charge in [-0.2, -0.15) is 0 Å². The van der Waals surface area contributed by atoms with Gasteiger partial charge < -0.3 is 67.7 Å². The number of ether oxygens (including phenoxy) is 3. The number of rotatable bonds is 10. The summed E-state index contributed by atoms with van der Waals surface area (Å²) in [6, 6.07) is 69.5. The molecule has 21 heteroatoms. The first-order valence-corrected chi connectivity index (χ1v) is 52.4. The van der Waals surface area contributed by atoms with Crippen LogP contribution in [0.4, 0.5) is 0 Å². The first-order chi connectivity index (χ1) is 70.2. The molecule has 740 valence electrons. The van der Waals surface area contributed by atoms with Crippen LogP contribution in [0, 0.1) is 0 Å². The molecule has 0 amide bonds. The van der Waals surface area contributed by atoms with Gasteiger partial charge in [-0.25, -0.2) is 24.0 Å². The van der Waals surface area contributed by atoms with E-state index in [4.69, 9.17) is 14.2 Å². The number of esters is 3. The molecule has 21 nitrogen and oxygen atoms in total. The van der Waals surface area contributed by atoms with Gasteiger partial charge >= 0.3 is 29.8 Å². The summed E-state index contributed by atoms with van der Waals surface area (Å²) >= 11 is 0. The summed E-state index contributed by atoms with van der Waals surface area (Å²) < 4.78 is 25.6. The highest BCUT2D eigenvalue weighted by Crippen LogP contribution is 2.54. The van der Waals surface area contributed by atoms with E-state index in [1.807, 2.05) is 109 Å². The van der Waals surface area contributed by atoms with Crippen molar-refractivity contribution in [3.63, 3.8) is 0 Å². The van der Waals surface area contributed by atoms with Crippen LogP contribution in [0.15, 0.2) is 212 Å². The van der Waals surface area contributed by atoms with E-state index < -0.39 is 36.4 Å². The fourth-order valence-corrected chi connectivity index (χ4v) is 26.3. The first-order valence-electron chi connectivity index (χ1n) is 52.4. The molecule has 0 saturated heterocycles. The topological polar surface area (TPSA) is 293 Å². The molecule has 0 radical (unpaired) electrons. The number of Topliss-reactive ketones (excluding diaryl/α,β-unsaturated/α-hetero) is 2. The number of carbonyl (C=O) groups is 7. The lowest BCUT2D eigenvalue weighted by atomic mass is 9.81. The van der Waals surface area contributed by atoms with Gasteiger partial charge in [0.2, 0.25) is 0 Å². The quantitative estimate of drug-likeness (QED) is 0.0548. The second-order valence-corrected chi connectivity index (χ2v) is 41.6. The largest absolute Gasteiger partial charge is 0.478 e. The highest BCUT2D eigenvalue weighted by Gasteiger charge is 2.40. The zero-order chi connectivity index (χ0) is 99.2. The molecule has 5 aliphatic carbocycles. The molecule has 0 spiro atoms. The minimum atomic E-state index is -0.945. The van der Waals surface area contributed by atoms with Crippen LogP contribution >= 0.6 is 0 Å². The lowest BCUT2D eigenvalue weighted by Gasteiger charge is -2.24. The van der Waals surface area contributed by atoms with Crippen molar-refractivity contribution in [2.24, 2.45) is 0 Å². The third kappa shape index (κ3) is 18.4. The Morgan fingerprint density at radius 2 is 0.535 bits per heavy atom. The lowest BCUT2D eigenvalue weighted by molar-refractivity contribution is -0.119. The predicted octanol–water partition coefficient (Wildman–Crippen LogP) is 25.0. The van der Waals surface area contributed by atoms with E-state index in [2.05, 4.69) is 102 Å². The Morgan fingerprint density at radius 3 is 0.847 bits per heavy atom. The SMILES string of the molecule is COC(=O)c1ccc2c(C3CCCCC3)c3n(c2c1)CC(=O)Cc1ccccc1-3.COC(=O)c1ccc2c(C3CCCCC3)c3n(c2c1)CC(O)Cc1ccccc1-3.COC(=O)c1ccc2c(C3CCCCC3)c3n(c2c1)C[C@@H](O)[C@@H](O)c1ccccc1-3.O=C(O)c1ccc2c(C3CCCCC3)c3n(c2c1)CC(O)Cc1ccccc1-3.O=C1Cc2ccccc2-c2c(C3CCCCC3)c3ccc(C(=O)O)cc3n2C1. The number of methoxy groups -OCH3 is 3. The number of fused-ring (bicyclic) bond motifs is 25. The summed E-state index contributed by atoms with van der Waals surface area (Å²) in [6.07, 6.45) is 29.9. The molecule has 6 N–H and O–H groups in total. The van der Waals surface area contributed by atoms with Gasteiger partial charge in [0.25, 0.3) is 0 Å². The summed E-state index contributed by atoms with van der Waals surface area (Å²) in [7, 11) is 4.20. The van der Waals surface area contributed by atoms with E-state index in [0.29, 0.717) is 104 Å². The van der Waals surface area contributed by atoms with E-state index in [0.717, 1.165) is 114 Å². The van der Waals surface area contributed by atoms with Crippen molar-refractivity contribution in [1.29, 1.82) is 0 Å². The van der Waals surface area contributed by atoms with E-state index in [9.17, 15) is 64.2 Å². The highest BCUT2D eigenvalue weighted by molar-refractivity contribution is 6.06. The Bertz CT molecular complexity index is 7510. The van der Waals surface area contributed by atoms with Crippen LogP contribution in [-0.2, 0) is 82.2 Å². The van der Waals surface area contributed by atoms with Gasteiger partial charge in [0.15, 0.2) is 11.6 Å². The van der Waals surface area contributed by atoms with Crippen LogP contribution in [0.1, 0.15) is 304 Å². The Hall–Kier alpha value is -13.6. The van der Waals surface area contributed by atoms with E-state index in [-0.39, 0.29) is 41.6 Å². The van der Waals surface area contributed by atoms with Gasteiger partial charge in [-0.3, -0.25) is 9.59 Å². The molecule has 10 aliphatic rings. The van der Waals surface area contributed by atoms with Crippen LogP contribution in [-0.4, -0.2) is 135 Å². The number of aromatic carboxylic acids is 2. The lowest BCUT2D eigenvalue weighted by Crippen LogP contribution is -2.22. The maximum Gasteiger partial charge on any atom is 0.337 e. The zero-order valence-corrected chi connectivity index (χ0v) is 82.4. The monoisotopic (exact) mass is 1930 g/mol. The van der Waals surface area contributed by atoms with Crippen LogP contribution < -0.4 is 0 Å². The number of carboxylic acid groups (broad SMARTS) is 2. The molecule has 144 heavy (non-hydrogen) atoms. The molecule has 25 rings (SSSR count). The molecule has 2 unspecified atom stereocenters. The van der Waals surface area contributed by atoms with Crippen molar-refractivity contribution in [3.8, 4) is 56.3 Å². The molecule has 0 bridgehead atoms. The van der Waals surface area contributed by atoms with Gasteiger partial charge in [-0.15, -0.1) is 0 Å². The number of aliphatic hydroxyl groups excluding tert-OH is 4. The highest BCUT2D eigenvalue weighted by atomic mass is 16.5. The van der Waals surface area contributed by atoms with Gasteiger partial charge in [0, 0.05) is 110 Å². The summed E-state index contributed by atoms with van der Waals surface area (Å²) in [6.45, 7) is 1.96. The fraction of sp³-hybridized carbons (Fsp3) is 0.374. The Labute approximate surface area is 838 Å². The number of aliphatic hydroxyl groups is 4. The first kappa shape index (κ1) is 96.6. The van der Waals surface area contributed by atoms with Gasteiger partial charge in [0.05, 0.1) is 120 Å². The van der Waals surface area contributed by atoms with Crippen LogP contribution in [0.2, 0.25) is 0 Å².